The quantitative estimate of drug-likeness (QED) is 0.846. The van der Waals surface area contributed by atoms with Gasteiger partial charge in [-0.15, -0.1) is 0 Å². The zero-order valence-corrected chi connectivity index (χ0v) is 13.1. The Hall–Kier alpha value is -1.19. The molecule has 1 unspecified atom stereocenters. The van der Waals surface area contributed by atoms with Crippen molar-refractivity contribution in [2.75, 3.05) is 33.2 Å². The van der Waals surface area contributed by atoms with Crippen LogP contribution in [0.4, 0.5) is 0 Å². The Kier molecular flexibility index (Phi) is 4.61. The van der Waals surface area contributed by atoms with E-state index in [1.54, 1.807) is 0 Å². The average molecular weight is 274 g/mol. The van der Waals surface area contributed by atoms with E-state index in [1.807, 2.05) is 26.8 Å². The number of hydrogen-bond donors (Lipinski definition) is 0. The van der Waals surface area contributed by atoms with Crippen LogP contribution in [0.25, 0.3) is 0 Å². The molecule has 1 fully saturated rings. The molecule has 0 spiro atoms. The summed E-state index contributed by atoms with van der Waals surface area (Å²) in [6.45, 7) is 9.53. The summed E-state index contributed by atoms with van der Waals surface area (Å²) in [5.41, 5.74) is 1.05. The summed E-state index contributed by atoms with van der Waals surface area (Å²) >= 11 is 0. The van der Waals surface area contributed by atoms with Gasteiger partial charge in [0.2, 0.25) is 0 Å². The van der Waals surface area contributed by atoms with Crippen LogP contribution < -0.4 is 0 Å². The molecule has 1 aliphatic heterocycles. The van der Waals surface area contributed by atoms with Gasteiger partial charge in [0.25, 0.3) is 0 Å². The third kappa shape index (κ3) is 3.68. The lowest BCUT2D eigenvalue weighted by Crippen LogP contribution is -2.49. The number of Topliss-reactive ketones (excluding diaryl/α,β-unsaturated/α-hetero) is 1. The van der Waals surface area contributed by atoms with Crippen molar-refractivity contribution in [3.8, 4) is 0 Å². The lowest BCUT2D eigenvalue weighted by molar-refractivity contribution is -0.128. The molecule has 0 N–H and O–H groups in total. The third-order valence-electron chi connectivity index (χ3n) is 4.06. The summed E-state index contributed by atoms with van der Waals surface area (Å²) in [6.07, 6.45) is 0. The Morgan fingerprint density at radius 1 is 1.20 bits per heavy atom. The van der Waals surface area contributed by atoms with Gasteiger partial charge in [-0.25, -0.2) is 0 Å². The molecule has 0 saturated carbocycles. The molecule has 110 valence electrons. The molecule has 1 aromatic rings. The van der Waals surface area contributed by atoms with Crippen LogP contribution in [-0.2, 0) is 4.79 Å². The SMILES string of the molecule is CN1CCN(CC(=O)C(C)(C)C)C(c2ccccc2)C1. The highest BCUT2D eigenvalue weighted by atomic mass is 16.1. The first-order valence-corrected chi connectivity index (χ1v) is 7.39. The van der Waals surface area contributed by atoms with E-state index >= 15 is 0 Å². The maximum absolute atomic E-state index is 12.3. The van der Waals surface area contributed by atoms with Crippen molar-refractivity contribution in [1.29, 1.82) is 0 Å². The molecular weight excluding hydrogens is 248 g/mol. The van der Waals surface area contributed by atoms with Crippen molar-refractivity contribution in [2.24, 2.45) is 5.41 Å². The summed E-state index contributed by atoms with van der Waals surface area (Å²) in [7, 11) is 2.15. The number of carbonyl (C=O) groups excluding carboxylic acids is 1. The van der Waals surface area contributed by atoms with E-state index in [0.717, 1.165) is 19.6 Å². The molecule has 1 aliphatic rings. The Labute approximate surface area is 122 Å². The molecule has 20 heavy (non-hydrogen) atoms. The van der Waals surface area contributed by atoms with Gasteiger partial charge in [0.15, 0.2) is 5.78 Å². The van der Waals surface area contributed by atoms with Crippen molar-refractivity contribution in [3.63, 3.8) is 0 Å². The smallest absolute Gasteiger partial charge is 0.152 e. The number of carbonyl (C=O) groups is 1. The number of nitrogens with zero attached hydrogens (tertiary/aromatic N) is 2. The first-order chi connectivity index (χ1) is 9.38. The number of benzene rings is 1. The summed E-state index contributed by atoms with van der Waals surface area (Å²) in [4.78, 5) is 17.0. The summed E-state index contributed by atoms with van der Waals surface area (Å²) in [5.74, 6) is 0.322. The average Bonchev–Trinajstić information content (AvgIpc) is 2.40. The fourth-order valence-corrected chi connectivity index (χ4v) is 2.56. The number of hydrogen-bond acceptors (Lipinski definition) is 3. The van der Waals surface area contributed by atoms with Gasteiger partial charge >= 0.3 is 0 Å². The lowest BCUT2D eigenvalue weighted by Gasteiger charge is -2.40. The normalized spacial score (nSPS) is 21.9. The van der Waals surface area contributed by atoms with Crippen LogP contribution in [0.2, 0.25) is 0 Å². The van der Waals surface area contributed by atoms with E-state index in [0.29, 0.717) is 18.4 Å². The Balaban J connectivity index is 2.15. The molecule has 1 atom stereocenters. The Bertz CT molecular complexity index is 450. The van der Waals surface area contributed by atoms with Crippen molar-refractivity contribution < 1.29 is 4.79 Å². The van der Waals surface area contributed by atoms with Crippen molar-refractivity contribution >= 4 is 5.78 Å². The minimum absolute atomic E-state index is 0.259. The van der Waals surface area contributed by atoms with Gasteiger partial charge in [-0.05, 0) is 12.6 Å². The molecule has 0 aliphatic carbocycles. The van der Waals surface area contributed by atoms with Crippen LogP contribution in [0.5, 0.6) is 0 Å². The third-order valence-corrected chi connectivity index (χ3v) is 4.06. The molecule has 3 heteroatoms. The fraction of sp³-hybridized carbons (Fsp3) is 0.588. The van der Waals surface area contributed by atoms with E-state index < -0.39 is 0 Å². The van der Waals surface area contributed by atoms with Crippen molar-refractivity contribution in [1.82, 2.24) is 9.80 Å². The monoisotopic (exact) mass is 274 g/mol. The van der Waals surface area contributed by atoms with Gasteiger partial charge in [-0.3, -0.25) is 9.69 Å². The molecule has 0 aromatic heterocycles. The standard InChI is InChI=1S/C17H26N2O/c1-17(2,3)16(20)13-19-11-10-18(4)12-15(19)14-8-6-5-7-9-14/h5-9,15H,10-13H2,1-4H3. The maximum Gasteiger partial charge on any atom is 0.152 e. The lowest BCUT2D eigenvalue weighted by atomic mass is 9.89. The minimum atomic E-state index is -0.259. The van der Waals surface area contributed by atoms with E-state index in [1.165, 1.54) is 5.56 Å². The van der Waals surface area contributed by atoms with Crippen molar-refractivity contribution in [2.45, 2.75) is 26.8 Å². The van der Waals surface area contributed by atoms with Gasteiger partial charge in [0, 0.05) is 31.1 Å². The molecule has 1 saturated heterocycles. The maximum atomic E-state index is 12.3. The molecule has 0 amide bonds. The van der Waals surface area contributed by atoms with E-state index in [4.69, 9.17) is 0 Å². The first-order valence-electron chi connectivity index (χ1n) is 7.39. The molecule has 1 heterocycles. The Morgan fingerprint density at radius 3 is 2.45 bits per heavy atom. The topological polar surface area (TPSA) is 23.6 Å². The van der Waals surface area contributed by atoms with Crippen molar-refractivity contribution in [3.05, 3.63) is 35.9 Å². The van der Waals surface area contributed by atoms with Gasteiger partial charge in [0.05, 0.1) is 6.54 Å². The second-order valence-corrected chi connectivity index (χ2v) is 6.83. The second-order valence-electron chi connectivity index (χ2n) is 6.83. The zero-order chi connectivity index (χ0) is 14.8. The highest BCUT2D eigenvalue weighted by Gasteiger charge is 2.31. The van der Waals surface area contributed by atoms with Gasteiger partial charge in [-0.2, -0.15) is 0 Å². The highest BCUT2D eigenvalue weighted by Crippen LogP contribution is 2.26. The van der Waals surface area contributed by atoms with E-state index in [9.17, 15) is 4.79 Å². The predicted octanol–water partition coefficient (Wildman–Crippen LogP) is 2.59. The molecule has 1 aromatic carbocycles. The van der Waals surface area contributed by atoms with Gasteiger partial charge in [0.1, 0.15) is 0 Å². The fourth-order valence-electron chi connectivity index (χ4n) is 2.56. The Morgan fingerprint density at radius 2 is 1.85 bits per heavy atom. The first kappa shape index (κ1) is 15.2. The molecule has 0 bridgehead atoms. The molecule has 3 nitrogen and oxygen atoms in total. The second kappa shape index (κ2) is 6.06. The number of likely N-dealkylation sites (N-methyl/N-ethyl adjacent to an activating group) is 1. The van der Waals surface area contributed by atoms with Crippen LogP contribution >= 0.6 is 0 Å². The van der Waals surface area contributed by atoms with E-state index in [2.05, 4.69) is 41.1 Å². The zero-order valence-electron chi connectivity index (χ0n) is 13.1. The van der Waals surface area contributed by atoms with Crippen LogP contribution in [0, 0.1) is 5.41 Å². The highest BCUT2D eigenvalue weighted by molar-refractivity contribution is 5.85. The van der Waals surface area contributed by atoms with Gasteiger partial charge in [-0.1, -0.05) is 51.1 Å². The minimum Gasteiger partial charge on any atom is -0.303 e. The summed E-state index contributed by atoms with van der Waals surface area (Å²) in [5, 5.41) is 0. The van der Waals surface area contributed by atoms with Crippen LogP contribution in [0.15, 0.2) is 30.3 Å². The van der Waals surface area contributed by atoms with Gasteiger partial charge < -0.3 is 4.90 Å². The molecular formula is C17H26N2O. The van der Waals surface area contributed by atoms with Crippen LogP contribution in [-0.4, -0.2) is 48.8 Å². The predicted molar refractivity (Wildman–Crippen MR) is 82.7 cm³/mol. The van der Waals surface area contributed by atoms with Crippen LogP contribution in [0.3, 0.4) is 0 Å². The largest absolute Gasteiger partial charge is 0.303 e. The van der Waals surface area contributed by atoms with E-state index in [-0.39, 0.29) is 5.41 Å². The molecule has 0 radical (unpaired) electrons. The number of piperazine rings is 1. The number of ketones is 1. The summed E-state index contributed by atoms with van der Waals surface area (Å²) < 4.78 is 0. The molecule has 2 rings (SSSR count). The summed E-state index contributed by atoms with van der Waals surface area (Å²) in [6, 6.07) is 10.8. The number of rotatable bonds is 3. The van der Waals surface area contributed by atoms with Crippen LogP contribution in [0.1, 0.15) is 32.4 Å².